The van der Waals surface area contributed by atoms with Gasteiger partial charge in [-0.05, 0) is 17.2 Å². The van der Waals surface area contributed by atoms with Crippen molar-refractivity contribution in [2.45, 2.75) is 23.9 Å². The molecule has 0 saturated carbocycles. The van der Waals surface area contributed by atoms with Crippen molar-refractivity contribution in [3.05, 3.63) is 54.0 Å². The third-order valence-corrected chi connectivity index (χ3v) is 5.42. The summed E-state index contributed by atoms with van der Waals surface area (Å²) >= 11 is 0. The van der Waals surface area contributed by atoms with Crippen molar-refractivity contribution >= 4 is 16.0 Å². The van der Waals surface area contributed by atoms with Crippen LogP contribution in [0.1, 0.15) is 11.1 Å². The van der Waals surface area contributed by atoms with E-state index in [4.69, 9.17) is 4.42 Å². The van der Waals surface area contributed by atoms with Crippen LogP contribution in [-0.2, 0) is 27.8 Å². The molecule has 0 saturated heterocycles. The number of fused-ring (bicyclic) bond motifs is 1. The SMILES string of the molecule is O=C(O)C1Cc2ccccc2CN1S(=O)(=O)c1ccoc1. The van der Waals surface area contributed by atoms with Crippen LogP contribution in [0.15, 0.2) is 52.2 Å². The first-order chi connectivity index (χ1) is 10.00. The van der Waals surface area contributed by atoms with Gasteiger partial charge in [-0.15, -0.1) is 0 Å². The van der Waals surface area contributed by atoms with Crippen LogP contribution in [-0.4, -0.2) is 29.8 Å². The van der Waals surface area contributed by atoms with E-state index in [1.54, 1.807) is 0 Å². The molecular weight excluding hydrogens is 294 g/mol. The van der Waals surface area contributed by atoms with Gasteiger partial charge >= 0.3 is 5.97 Å². The van der Waals surface area contributed by atoms with E-state index in [0.29, 0.717) is 0 Å². The Bertz CT molecular complexity index is 766. The van der Waals surface area contributed by atoms with E-state index in [2.05, 4.69) is 0 Å². The topological polar surface area (TPSA) is 87.8 Å². The zero-order chi connectivity index (χ0) is 15.0. The number of hydrogen-bond donors (Lipinski definition) is 1. The second kappa shape index (κ2) is 5.01. The van der Waals surface area contributed by atoms with Crippen molar-refractivity contribution < 1.29 is 22.7 Å². The number of furan rings is 1. The fourth-order valence-corrected chi connectivity index (χ4v) is 3.98. The molecule has 6 nitrogen and oxygen atoms in total. The average Bonchev–Trinajstić information content (AvgIpc) is 3.00. The minimum Gasteiger partial charge on any atom is -0.480 e. The molecule has 1 aromatic heterocycles. The molecule has 1 aromatic carbocycles. The molecule has 3 rings (SSSR count). The van der Waals surface area contributed by atoms with Crippen molar-refractivity contribution in [1.82, 2.24) is 4.31 Å². The molecule has 2 aromatic rings. The highest BCUT2D eigenvalue weighted by atomic mass is 32.2. The zero-order valence-corrected chi connectivity index (χ0v) is 11.8. The van der Waals surface area contributed by atoms with Gasteiger partial charge in [0.25, 0.3) is 0 Å². The minimum atomic E-state index is -3.90. The number of benzene rings is 1. The van der Waals surface area contributed by atoms with Crippen LogP contribution in [0.3, 0.4) is 0 Å². The highest BCUT2D eigenvalue weighted by Gasteiger charge is 2.39. The lowest BCUT2D eigenvalue weighted by molar-refractivity contribution is -0.141. The van der Waals surface area contributed by atoms with Crippen molar-refractivity contribution in [2.75, 3.05) is 0 Å². The Balaban J connectivity index is 2.06. The second-order valence-electron chi connectivity index (χ2n) is 4.84. The summed E-state index contributed by atoms with van der Waals surface area (Å²) in [7, 11) is -3.90. The predicted molar refractivity (Wildman–Crippen MR) is 73.0 cm³/mol. The maximum atomic E-state index is 12.6. The van der Waals surface area contributed by atoms with Gasteiger partial charge in [0.1, 0.15) is 17.2 Å². The summed E-state index contributed by atoms with van der Waals surface area (Å²) in [5.41, 5.74) is 1.69. The molecule has 110 valence electrons. The molecule has 1 atom stereocenters. The summed E-state index contributed by atoms with van der Waals surface area (Å²) < 4.78 is 31.0. The van der Waals surface area contributed by atoms with Gasteiger partial charge in [0.15, 0.2) is 0 Å². The number of hydrogen-bond acceptors (Lipinski definition) is 4. The van der Waals surface area contributed by atoms with Crippen LogP contribution in [0.5, 0.6) is 0 Å². The first-order valence-electron chi connectivity index (χ1n) is 6.34. The summed E-state index contributed by atoms with van der Waals surface area (Å²) in [5.74, 6) is -1.16. The monoisotopic (exact) mass is 307 g/mol. The number of aliphatic carboxylic acids is 1. The summed E-state index contributed by atoms with van der Waals surface area (Å²) in [5, 5.41) is 9.37. The van der Waals surface area contributed by atoms with E-state index in [0.717, 1.165) is 21.7 Å². The summed E-state index contributed by atoms with van der Waals surface area (Å²) in [4.78, 5) is 11.4. The van der Waals surface area contributed by atoms with E-state index in [1.165, 1.54) is 12.3 Å². The van der Waals surface area contributed by atoms with Crippen LogP contribution in [0.25, 0.3) is 0 Å². The van der Waals surface area contributed by atoms with E-state index in [9.17, 15) is 18.3 Å². The van der Waals surface area contributed by atoms with E-state index in [1.807, 2.05) is 24.3 Å². The van der Waals surface area contributed by atoms with Crippen LogP contribution < -0.4 is 0 Å². The molecule has 7 heteroatoms. The standard InChI is InChI=1S/C14H13NO5S/c16-14(17)13-7-10-3-1-2-4-11(10)8-15(13)21(18,19)12-5-6-20-9-12/h1-6,9,13H,7-8H2,(H,16,17). The lowest BCUT2D eigenvalue weighted by Crippen LogP contribution is -2.48. The van der Waals surface area contributed by atoms with Gasteiger partial charge < -0.3 is 9.52 Å². The fraction of sp³-hybridized carbons (Fsp3) is 0.214. The quantitative estimate of drug-likeness (QED) is 0.928. The normalized spacial score (nSPS) is 19.1. The van der Waals surface area contributed by atoms with Crippen LogP contribution >= 0.6 is 0 Å². The first kappa shape index (κ1) is 13.8. The van der Waals surface area contributed by atoms with Crippen LogP contribution in [0.2, 0.25) is 0 Å². The van der Waals surface area contributed by atoms with Crippen molar-refractivity contribution in [1.29, 1.82) is 0 Å². The smallest absolute Gasteiger partial charge is 0.322 e. The van der Waals surface area contributed by atoms with Gasteiger partial charge in [-0.3, -0.25) is 4.79 Å². The maximum absolute atomic E-state index is 12.6. The number of carboxylic acid groups (broad SMARTS) is 1. The number of rotatable bonds is 3. The number of carbonyl (C=O) groups is 1. The summed E-state index contributed by atoms with van der Waals surface area (Å²) in [6.07, 6.45) is 2.51. The van der Waals surface area contributed by atoms with E-state index in [-0.39, 0.29) is 17.9 Å². The van der Waals surface area contributed by atoms with Crippen LogP contribution in [0, 0.1) is 0 Å². The van der Waals surface area contributed by atoms with Gasteiger partial charge in [-0.2, -0.15) is 4.31 Å². The average molecular weight is 307 g/mol. The molecule has 0 spiro atoms. The Morgan fingerprint density at radius 1 is 1.24 bits per heavy atom. The molecule has 1 N–H and O–H groups in total. The third kappa shape index (κ3) is 2.34. The molecule has 1 unspecified atom stereocenters. The molecule has 0 aliphatic carbocycles. The molecule has 0 fully saturated rings. The third-order valence-electron chi connectivity index (χ3n) is 3.59. The Morgan fingerprint density at radius 2 is 1.95 bits per heavy atom. The fourth-order valence-electron chi connectivity index (χ4n) is 2.50. The Labute approximate surface area is 121 Å². The molecule has 2 heterocycles. The predicted octanol–water partition coefficient (Wildman–Crippen LogP) is 1.48. The molecule has 1 aliphatic rings. The Hall–Kier alpha value is -2.12. The first-order valence-corrected chi connectivity index (χ1v) is 7.78. The highest BCUT2D eigenvalue weighted by Crippen LogP contribution is 2.29. The molecule has 0 radical (unpaired) electrons. The molecule has 1 aliphatic heterocycles. The molecular formula is C14H13NO5S. The Morgan fingerprint density at radius 3 is 2.57 bits per heavy atom. The van der Waals surface area contributed by atoms with E-state index < -0.39 is 22.0 Å². The molecule has 0 amide bonds. The summed E-state index contributed by atoms with van der Waals surface area (Å²) in [6.45, 7) is 0.0423. The Kier molecular flexibility index (Phi) is 3.30. The summed E-state index contributed by atoms with van der Waals surface area (Å²) in [6, 6.07) is 7.47. The second-order valence-corrected chi connectivity index (χ2v) is 6.73. The lowest BCUT2D eigenvalue weighted by Gasteiger charge is -2.33. The van der Waals surface area contributed by atoms with Gasteiger partial charge in [-0.1, -0.05) is 24.3 Å². The van der Waals surface area contributed by atoms with E-state index >= 15 is 0 Å². The maximum Gasteiger partial charge on any atom is 0.322 e. The van der Waals surface area contributed by atoms with Crippen molar-refractivity contribution in [3.8, 4) is 0 Å². The largest absolute Gasteiger partial charge is 0.480 e. The zero-order valence-electron chi connectivity index (χ0n) is 11.0. The number of carboxylic acids is 1. The van der Waals surface area contributed by atoms with Crippen LogP contribution in [0.4, 0.5) is 0 Å². The number of nitrogens with zero attached hydrogens (tertiary/aromatic N) is 1. The van der Waals surface area contributed by atoms with Crippen molar-refractivity contribution in [2.24, 2.45) is 0 Å². The molecule has 21 heavy (non-hydrogen) atoms. The van der Waals surface area contributed by atoms with Gasteiger partial charge in [0, 0.05) is 13.0 Å². The minimum absolute atomic E-state index is 0.0341. The lowest BCUT2D eigenvalue weighted by atomic mass is 9.96. The van der Waals surface area contributed by atoms with Gasteiger partial charge in [0.05, 0.1) is 6.26 Å². The van der Waals surface area contributed by atoms with Gasteiger partial charge in [0.2, 0.25) is 10.0 Å². The van der Waals surface area contributed by atoms with Gasteiger partial charge in [-0.25, -0.2) is 8.42 Å². The molecule has 0 bridgehead atoms. The number of sulfonamides is 1. The van der Waals surface area contributed by atoms with Crippen molar-refractivity contribution in [3.63, 3.8) is 0 Å². The highest BCUT2D eigenvalue weighted by molar-refractivity contribution is 7.89.